The van der Waals surface area contributed by atoms with Crippen molar-refractivity contribution in [3.63, 3.8) is 0 Å². The van der Waals surface area contributed by atoms with Gasteiger partial charge in [0.15, 0.2) is 11.8 Å². The molecule has 2 heterocycles. The Labute approximate surface area is 75.7 Å². The highest BCUT2D eigenvalue weighted by Crippen LogP contribution is 2.45. The summed E-state index contributed by atoms with van der Waals surface area (Å²) in [6.45, 7) is 0.761. The second-order valence-electron chi connectivity index (χ2n) is 3.99. The minimum atomic E-state index is -0.263. The zero-order chi connectivity index (χ0) is 9.05. The summed E-state index contributed by atoms with van der Waals surface area (Å²) in [6.07, 6.45) is 1.43. The zero-order valence-electron chi connectivity index (χ0n) is 7.43. The Kier molecular flexibility index (Phi) is 1.20. The van der Waals surface area contributed by atoms with Gasteiger partial charge in [0.05, 0.1) is 6.61 Å². The van der Waals surface area contributed by atoms with Crippen LogP contribution in [-0.4, -0.2) is 42.1 Å². The van der Waals surface area contributed by atoms with Gasteiger partial charge in [0.2, 0.25) is 0 Å². The molecule has 2 aliphatic heterocycles. The third kappa shape index (κ3) is 0.824. The summed E-state index contributed by atoms with van der Waals surface area (Å²) >= 11 is 0. The largest absolute Gasteiger partial charge is 0.367 e. The molecule has 0 aromatic rings. The Hall–Kier alpha value is -0.970. The van der Waals surface area contributed by atoms with Crippen LogP contribution < -0.4 is 0 Å². The molecule has 0 bridgehead atoms. The van der Waals surface area contributed by atoms with Crippen LogP contribution in [0, 0.1) is 0 Å². The van der Waals surface area contributed by atoms with Crippen molar-refractivity contribution in [3.05, 3.63) is 0 Å². The summed E-state index contributed by atoms with van der Waals surface area (Å²) < 4.78 is 5.46. The van der Waals surface area contributed by atoms with Crippen LogP contribution in [0.4, 0.5) is 0 Å². The van der Waals surface area contributed by atoms with Crippen LogP contribution in [0.3, 0.4) is 0 Å². The number of fused-ring (bicyclic) bond motifs is 2. The van der Waals surface area contributed by atoms with Gasteiger partial charge in [0.25, 0.3) is 0 Å². The van der Waals surface area contributed by atoms with E-state index in [-0.39, 0.29) is 23.5 Å². The van der Waals surface area contributed by atoms with E-state index in [1.807, 2.05) is 7.05 Å². The Morgan fingerprint density at radius 1 is 1.69 bits per heavy atom. The lowest BCUT2D eigenvalue weighted by atomic mass is 9.80. The molecular formula is C8H11N3O2. The lowest BCUT2D eigenvalue weighted by molar-refractivity contribution is -0.124. The van der Waals surface area contributed by atoms with Crippen LogP contribution in [-0.2, 0) is 9.53 Å². The normalized spacial score (nSPS) is 47.2. The van der Waals surface area contributed by atoms with E-state index >= 15 is 0 Å². The van der Waals surface area contributed by atoms with Gasteiger partial charge < -0.3 is 4.74 Å². The van der Waals surface area contributed by atoms with Crippen molar-refractivity contribution in [2.45, 2.75) is 30.5 Å². The predicted octanol–water partition coefficient (Wildman–Crippen LogP) is 0.168. The second-order valence-corrected chi connectivity index (χ2v) is 3.99. The summed E-state index contributed by atoms with van der Waals surface area (Å²) in [5.74, 6) is 0.208. The van der Waals surface area contributed by atoms with E-state index in [9.17, 15) is 4.79 Å². The number of Topliss-reactive ketones (excluding diaryl/α,β-unsaturated/α-hetero) is 1. The fourth-order valence-corrected chi connectivity index (χ4v) is 2.37. The average Bonchev–Trinajstić information content (AvgIpc) is 2.78. The van der Waals surface area contributed by atoms with Crippen molar-refractivity contribution >= 4 is 5.78 Å². The number of epoxide rings is 1. The lowest BCUT2D eigenvalue weighted by Gasteiger charge is -2.31. The number of carbonyl (C=O) groups excluding carboxylic acids is 1. The number of hydrogen-bond acceptors (Lipinski definition) is 5. The molecule has 0 N–H and O–H groups in total. The number of hydrogen-bond donors (Lipinski definition) is 0. The van der Waals surface area contributed by atoms with Crippen molar-refractivity contribution in [3.8, 4) is 0 Å². The molecule has 0 amide bonds. The van der Waals surface area contributed by atoms with E-state index < -0.39 is 0 Å². The Morgan fingerprint density at radius 2 is 2.46 bits per heavy atom. The molecule has 1 saturated heterocycles. The third-order valence-corrected chi connectivity index (χ3v) is 3.20. The van der Waals surface area contributed by atoms with Crippen molar-refractivity contribution in [2.75, 3.05) is 13.7 Å². The van der Waals surface area contributed by atoms with Gasteiger partial charge in [-0.3, -0.25) is 9.80 Å². The molecule has 3 rings (SSSR count). The van der Waals surface area contributed by atoms with Crippen molar-refractivity contribution in [2.24, 2.45) is 10.3 Å². The number of rotatable bonds is 0. The maximum absolute atomic E-state index is 11.5. The number of ether oxygens (including phenoxy) is 1. The standard InChI is InChI=1S/C8H11N3O2/c1-11-7-6(9-10-11)5(12)2-3-8(7)4-13-8/h6-7H,2-4H2,1H3. The maximum Gasteiger partial charge on any atom is 0.161 e. The molecule has 0 aromatic heterocycles. The Morgan fingerprint density at radius 3 is 3.15 bits per heavy atom. The van der Waals surface area contributed by atoms with Crippen molar-refractivity contribution < 1.29 is 9.53 Å². The molecule has 0 radical (unpaired) electrons. The number of likely N-dealkylation sites (N-methyl/N-ethyl adjacent to an activating group) is 1. The quantitative estimate of drug-likeness (QED) is 0.500. The molecule has 5 nitrogen and oxygen atoms in total. The fourth-order valence-electron chi connectivity index (χ4n) is 2.37. The highest BCUT2D eigenvalue weighted by atomic mass is 16.6. The summed E-state index contributed by atoms with van der Waals surface area (Å²) in [6, 6.07) is -0.199. The number of ketones is 1. The number of nitrogens with zero attached hydrogens (tertiary/aromatic N) is 3. The first kappa shape index (κ1) is 7.44. The molecule has 70 valence electrons. The van der Waals surface area contributed by atoms with Gasteiger partial charge in [0.1, 0.15) is 11.6 Å². The molecule has 1 spiro atoms. The molecule has 3 atom stereocenters. The topological polar surface area (TPSA) is 57.6 Å². The monoisotopic (exact) mass is 181 g/mol. The number of carbonyl (C=O) groups is 1. The minimum Gasteiger partial charge on any atom is -0.367 e. The Bertz CT molecular complexity index is 298. The van der Waals surface area contributed by atoms with E-state index in [4.69, 9.17) is 4.74 Å². The molecule has 3 aliphatic rings. The van der Waals surface area contributed by atoms with Crippen LogP contribution in [0.25, 0.3) is 0 Å². The first-order chi connectivity index (χ1) is 6.23. The molecule has 5 heteroatoms. The summed E-state index contributed by atoms with van der Waals surface area (Å²) in [5.41, 5.74) is -0.100. The SMILES string of the molecule is CN1N=NC2C(=O)CCC3(CO3)C21. The minimum absolute atomic E-state index is 0.0637. The van der Waals surface area contributed by atoms with Gasteiger partial charge in [-0.15, -0.1) is 0 Å². The van der Waals surface area contributed by atoms with E-state index in [1.54, 1.807) is 5.01 Å². The molecule has 13 heavy (non-hydrogen) atoms. The lowest BCUT2D eigenvalue weighted by Crippen LogP contribution is -2.52. The first-order valence-electron chi connectivity index (χ1n) is 4.53. The van der Waals surface area contributed by atoms with Crippen LogP contribution in [0.15, 0.2) is 10.3 Å². The molecule has 3 unspecified atom stereocenters. The highest BCUT2D eigenvalue weighted by molar-refractivity contribution is 5.86. The van der Waals surface area contributed by atoms with Crippen LogP contribution in [0.2, 0.25) is 0 Å². The molecular weight excluding hydrogens is 170 g/mol. The van der Waals surface area contributed by atoms with Gasteiger partial charge in [-0.05, 0) is 6.42 Å². The van der Waals surface area contributed by atoms with Gasteiger partial charge in [-0.1, -0.05) is 5.22 Å². The fraction of sp³-hybridized carbons (Fsp3) is 0.875. The average molecular weight is 181 g/mol. The van der Waals surface area contributed by atoms with Crippen molar-refractivity contribution in [1.82, 2.24) is 5.01 Å². The Balaban J connectivity index is 1.96. The van der Waals surface area contributed by atoms with Gasteiger partial charge >= 0.3 is 0 Å². The summed E-state index contributed by atoms with van der Waals surface area (Å²) in [4.78, 5) is 11.5. The van der Waals surface area contributed by atoms with Crippen molar-refractivity contribution in [1.29, 1.82) is 0 Å². The third-order valence-electron chi connectivity index (χ3n) is 3.20. The van der Waals surface area contributed by atoms with E-state index in [1.165, 1.54) is 0 Å². The zero-order valence-corrected chi connectivity index (χ0v) is 7.43. The van der Waals surface area contributed by atoms with E-state index in [2.05, 4.69) is 10.3 Å². The molecule has 1 aliphatic carbocycles. The second kappa shape index (κ2) is 2.09. The molecule has 1 saturated carbocycles. The maximum atomic E-state index is 11.5. The first-order valence-corrected chi connectivity index (χ1v) is 4.53. The smallest absolute Gasteiger partial charge is 0.161 e. The summed E-state index contributed by atoms with van der Waals surface area (Å²) in [7, 11) is 1.86. The molecule has 0 aromatic carbocycles. The predicted molar refractivity (Wildman–Crippen MR) is 43.1 cm³/mol. The van der Waals surface area contributed by atoms with Gasteiger partial charge in [-0.25, -0.2) is 0 Å². The van der Waals surface area contributed by atoms with Crippen LogP contribution in [0.1, 0.15) is 12.8 Å². The van der Waals surface area contributed by atoms with Crippen LogP contribution >= 0.6 is 0 Å². The highest BCUT2D eigenvalue weighted by Gasteiger charge is 2.62. The van der Waals surface area contributed by atoms with E-state index in [0.29, 0.717) is 6.42 Å². The van der Waals surface area contributed by atoms with E-state index in [0.717, 1.165) is 13.0 Å². The van der Waals surface area contributed by atoms with Crippen LogP contribution in [0.5, 0.6) is 0 Å². The summed E-state index contributed by atoms with van der Waals surface area (Å²) in [5, 5.41) is 9.67. The molecule has 2 fully saturated rings. The van der Waals surface area contributed by atoms with Gasteiger partial charge in [-0.2, -0.15) is 5.11 Å². The van der Waals surface area contributed by atoms with Gasteiger partial charge in [0, 0.05) is 13.5 Å².